The second-order valence-electron chi connectivity index (χ2n) is 3.59. The minimum absolute atomic E-state index is 0.258. The van der Waals surface area contributed by atoms with E-state index in [0.29, 0.717) is 10.6 Å². The Bertz CT molecular complexity index is 546. The summed E-state index contributed by atoms with van der Waals surface area (Å²) < 4.78 is 13.7. The van der Waals surface area contributed by atoms with Gasteiger partial charge in [0.2, 0.25) is 0 Å². The van der Waals surface area contributed by atoms with Crippen LogP contribution in [0.3, 0.4) is 0 Å². The van der Waals surface area contributed by atoms with Crippen molar-refractivity contribution in [3.8, 4) is 11.1 Å². The van der Waals surface area contributed by atoms with Crippen molar-refractivity contribution in [1.29, 1.82) is 0 Å². The molecule has 5 heteroatoms. The third kappa shape index (κ3) is 2.49. The van der Waals surface area contributed by atoms with Gasteiger partial charge in [-0.25, -0.2) is 4.39 Å². The molecule has 0 radical (unpaired) electrons. The van der Waals surface area contributed by atoms with Gasteiger partial charge in [-0.3, -0.25) is 0 Å². The Labute approximate surface area is 103 Å². The highest BCUT2D eigenvalue weighted by molar-refractivity contribution is 6.60. The average molecular weight is 250 g/mol. The molecule has 2 N–H and O–H groups in total. The zero-order valence-corrected chi connectivity index (χ0v) is 9.53. The van der Waals surface area contributed by atoms with Crippen LogP contribution in [0.5, 0.6) is 0 Å². The molecule has 0 unspecified atom stereocenters. The van der Waals surface area contributed by atoms with Crippen LogP contribution in [0.4, 0.5) is 4.39 Å². The number of halogens is 2. The molecule has 0 amide bonds. The molecule has 0 aliphatic carbocycles. The summed E-state index contributed by atoms with van der Waals surface area (Å²) >= 11 is 5.67. The molecule has 0 heterocycles. The first-order valence-corrected chi connectivity index (χ1v) is 5.38. The van der Waals surface area contributed by atoms with Crippen LogP contribution in [0.25, 0.3) is 11.1 Å². The van der Waals surface area contributed by atoms with E-state index in [1.807, 2.05) is 0 Å². The first-order valence-electron chi connectivity index (χ1n) is 5.00. The van der Waals surface area contributed by atoms with Gasteiger partial charge in [-0.15, -0.1) is 0 Å². The van der Waals surface area contributed by atoms with E-state index < -0.39 is 12.9 Å². The highest BCUT2D eigenvalue weighted by atomic mass is 35.5. The lowest BCUT2D eigenvalue weighted by atomic mass is 9.75. The first-order chi connectivity index (χ1) is 8.09. The molecule has 2 nitrogen and oxygen atoms in total. The zero-order valence-electron chi connectivity index (χ0n) is 8.77. The van der Waals surface area contributed by atoms with Crippen LogP contribution in [0.1, 0.15) is 0 Å². The van der Waals surface area contributed by atoms with Gasteiger partial charge in [-0.05, 0) is 29.2 Å². The molecule has 0 saturated heterocycles. The summed E-state index contributed by atoms with van der Waals surface area (Å²) in [6, 6.07) is 10.8. The van der Waals surface area contributed by atoms with Crippen molar-refractivity contribution >= 4 is 24.2 Å². The van der Waals surface area contributed by atoms with E-state index >= 15 is 0 Å². The van der Waals surface area contributed by atoms with E-state index in [-0.39, 0.29) is 11.0 Å². The number of hydrogen-bond acceptors (Lipinski definition) is 2. The van der Waals surface area contributed by atoms with E-state index in [2.05, 4.69) is 0 Å². The van der Waals surface area contributed by atoms with Gasteiger partial charge in [0.05, 0.1) is 0 Å². The maximum absolute atomic E-state index is 13.7. The molecule has 0 fully saturated rings. The van der Waals surface area contributed by atoms with E-state index in [4.69, 9.17) is 11.6 Å². The predicted octanol–water partition coefficient (Wildman–Crippen LogP) is 1.83. The second-order valence-corrected chi connectivity index (χ2v) is 4.02. The molecule has 2 rings (SSSR count). The fourth-order valence-corrected chi connectivity index (χ4v) is 1.83. The Morgan fingerprint density at radius 3 is 2.35 bits per heavy atom. The largest absolute Gasteiger partial charge is 0.489 e. The fourth-order valence-electron chi connectivity index (χ4n) is 1.68. The van der Waals surface area contributed by atoms with Gasteiger partial charge in [-0.1, -0.05) is 35.9 Å². The standard InChI is InChI=1S/C12H9BClFO2/c14-8-5-6-10(12(15)7-8)9-3-1-2-4-11(9)13(16)17/h1-7,16-17H. The molecule has 0 spiro atoms. The summed E-state index contributed by atoms with van der Waals surface area (Å²) in [4.78, 5) is 0. The molecular formula is C12H9BClFO2. The van der Waals surface area contributed by atoms with Gasteiger partial charge >= 0.3 is 7.12 Å². The van der Waals surface area contributed by atoms with Gasteiger partial charge in [0, 0.05) is 10.6 Å². The maximum atomic E-state index is 13.7. The molecule has 0 aromatic heterocycles. The zero-order chi connectivity index (χ0) is 12.4. The number of rotatable bonds is 2. The van der Waals surface area contributed by atoms with Crippen LogP contribution in [0.15, 0.2) is 42.5 Å². The van der Waals surface area contributed by atoms with Gasteiger partial charge in [-0.2, -0.15) is 0 Å². The van der Waals surface area contributed by atoms with E-state index in [9.17, 15) is 14.4 Å². The summed E-state index contributed by atoms with van der Waals surface area (Å²) in [5.74, 6) is -0.495. The molecule has 2 aromatic carbocycles. The molecule has 0 saturated carbocycles. The van der Waals surface area contributed by atoms with Crippen LogP contribution in [0.2, 0.25) is 5.02 Å². The quantitative estimate of drug-likeness (QED) is 0.798. The van der Waals surface area contributed by atoms with E-state index in [0.717, 1.165) is 0 Å². The molecular weight excluding hydrogens is 241 g/mol. The van der Waals surface area contributed by atoms with Gasteiger partial charge in [0.1, 0.15) is 5.82 Å². The second kappa shape index (κ2) is 4.88. The lowest BCUT2D eigenvalue weighted by molar-refractivity contribution is 0.426. The predicted molar refractivity (Wildman–Crippen MR) is 66.7 cm³/mol. The van der Waals surface area contributed by atoms with Gasteiger partial charge in [0.15, 0.2) is 0 Å². The van der Waals surface area contributed by atoms with Gasteiger partial charge < -0.3 is 10.0 Å². The van der Waals surface area contributed by atoms with Crippen molar-refractivity contribution in [3.63, 3.8) is 0 Å². The van der Waals surface area contributed by atoms with Crippen molar-refractivity contribution in [2.75, 3.05) is 0 Å². The first kappa shape index (κ1) is 12.1. The lowest BCUT2D eigenvalue weighted by Gasteiger charge is -2.09. The Morgan fingerprint density at radius 1 is 1.00 bits per heavy atom. The van der Waals surface area contributed by atoms with Crippen LogP contribution in [-0.4, -0.2) is 17.2 Å². The van der Waals surface area contributed by atoms with Crippen molar-refractivity contribution in [3.05, 3.63) is 53.3 Å². The summed E-state index contributed by atoms with van der Waals surface area (Å²) in [5, 5.41) is 18.7. The fraction of sp³-hybridized carbons (Fsp3) is 0. The Hall–Kier alpha value is -1.36. The smallest absolute Gasteiger partial charge is 0.423 e. The highest BCUT2D eigenvalue weighted by Crippen LogP contribution is 2.24. The molecule has 0 aliphatic rings. The minimum atomic E-state index is -1.64. The lowest BCUT2D eigenvalue weighted by Crippen LogP contribution is -2.31. The Kier molecular flexibility index (Phi) is 3.47. The molecule has 17 heavy (non-hydrogen) atoms. The molecule has 86 valence electrons. The molecule has 0 atom stereocenters. The van der Waals surface area contributed by atoms with Crippen LogP contribution in [0, 0.1) is 5.82 Å². The van der Waals surface area contributed by atoms with Crippen LogP contribution < -0.4 is 5.46 Å². The van der Waals surface area contributed by atoms with E-state index in [1.54, 1.807) is 24.3 Å². The summed E-state index contributed by atoms with van der Waals surface area (Å²) in [7, 11) is -1.64. The normalized spacial score (nSPS) is 10.4. The third-order valence-electron chi connectivity index (χ3n) is 2.46. The average Bonchev–Trinajstić information content (AvgIpc) is 2.29. The Balaban J connectivity index is 2.60. The summed E-state index contributed by atoms with van der Waals surface area (Å²) in [6.45, 7) is 0. The van der Waals surface area contributed by atoms with Crippen molar-refractivity contribution < 1.29 is 14.4 Å². The molecule has 0 bridgehead atoms. The third-order valence-corrected chi connectivity index (χ3v) is 2.70. The SMILES string of the molecule is OB(O)c1ccccc1-c1ccc(Cl)cc1F. The monoisotopic (exact) mass is 250 g/mol. The van der Waals surface area contributed by atoms with Crippen molar-refractivity contribution in [2.24, 2.45) is 0 Å². The van der Waals surface area contributed by atoms with Crippen molar-refractivity contribution in [1.82, 2.24) is 0 Å². The van der Waals surface area contributed by atoms with Gasteiger partial charge in [0.25, 0.3) is 0 Å². The maximum Gasteiger partial charge on any atom is 0.489 e. The highest BCUT2D eigenvalue weighted by Gasteiger charge is 2.18. The summed E-state index contributed by atoms with van der Waals surface area (Å²) in [5.41, 5.74) is 0.989. The minimum Gasteiger partial charge on any atom is -0.423 e. The topological polar surface area (TPSA) is 40.5 Å². The summed E-state index contributed by atoms with van der Waals surface area (Å²) in [6.07, 6.45) is 0. The van der Waals surface area contributed by atoms with E-state index in [1.165, 1.54) is 18.2 Å². The van der Waals surface area contributed by atoms with Crippen molar-refractivity contribution in [2.45, 2.75) is 0 Å². The van der Waals surface area contributed by atoms with Crippen LogP contribution >= 0.6 is 11.6 Å². The van der Waals surface area contributed by atoms with Crippen LogP contribution in [-0.2, 0) is 0 Å². The molecule has 2 aromatic rings. The number of hydrogen-bond donors (Lipinski definition) is 2. The number of benzene rings is 2. The Morgan fingerprint density at radius 2 is 1.71 bits per heavy atom. The molecule has 0 aliphatic heterocycles.